The van der Waals surface area contributed by atoms with E-state index in [0.29, 0.717) is 0 Å². The summed E-state index contributed by atoms with van der Waals surface area (Å²) in [6, 6.07) is 0.0311. The second-order valence-corrected chi connectivity index (χ2v) is 12.3. The SMILES string of the molecule is C=C=C(C(C1=CCCC=CC1)n1cnc(NC(CCCC/C=C\CCC=C)NC(=C)C(C)(C)N)c1)N1CCCCCC1.CO. The normalized spacial score (nSPS) is 16.8. The highest BCUT2D eigenvalue weighted by Gasteiger charge is 2.27. The molecule has 7 nitrogen and oxygen atoms in total. The minimum Gasteiger partial charge on any atom is -0.400 e. The molecule has 2 aliphatic rings. The summed E-state index contributed by atoms with van der Waals surface area (Å²) in [6.45, 7) is 18.3. The van der Waals surface area contributed by atoms with Crippen molar-refractivity contribution < 1.29 is 5.11 Å². The van der Waals surface area contributed by atoms with Crippen molar-refractivity contribution in [2.75, 3.05) is 25.5 Å². The molecular formula is C37H60N6O. The van der Waals surface area contributed by atoms with Crippen molar-refractivity contribution in [2.45, 2.75) is 115 Å². The molecule has 1 fully saturated rings. The average Bonchev–Trinajstić information content (AvgIpc) is 3.18. The molecule has 0 radical (unpaired) electrons. The number of aromatic nitrogens is 2. The number of hydrogen-bond acceptors (Lipinski definition) is 6. The highest BCUT2D eigenvalue weighted by Crippen LogP contribution is 2.34. The fourth-order valence-corrected chi connectivity index (χ4v) is 5.58. The quantitative estimate of drug-likeness (QED) is 0.0625. The van der Waals surface area contributed by atoms with Crippen LogP contribution in [0.25, 0.3) is 0 Å². The number of unbranched alkanes of at least 4 members (excludes halogenated alkanes) is 3. The van der Waals surface area contributed by atoms with Crippen LogP contribution in [0.15, 0.2) is 91.4 Å². The lowest BCUT2D eigenvalue weighted by atomic mass is 9.98. The van der Waals surface area contributed by atoms with Gasteiger partial charge in [0.2, 0.25) is 0 Å². The van der Waals surface area contributed by atoms with Crippen LogP contribution in [0.3, 0.4) is 0 Å². The number of aliphatic hydroxyl groups is 1. The van der Waals surface area contributed by atoms with E-state index < -0.39 is 5.54 Å². The lowest BCUT2D eigenvalue weighted by Crippen LogP contribution is -2.46. The van der Waals surface area contributed by atoms with Gasteiger partial charge in [0, 0.05) is 37.6 Å². The lowest BCUT2D eigenvalue weighted by molar-refractivity contribution is 0.322. The van der Waals surface area contributed by atoms with Gasteiger partial charge >= 0.3 is 0 Å². The molecular weight excluding hydrogens is 544 g/mol. The smallest absolute Gasteiger partial charge is 0.145 e. The van der Waals surface area contributed by atoms with E-state index in [1.165, 1.54) is 31.3 Å². The number of imidazole rings is 1. The van der Waals surface area contributed by atoms with Crippen molar-refractivity contribution in [1.29, 1.82) is 0 Å². The van der Waals surface area contributed by atoms with Gasteiger partial charge in [-0.1, -0.05) is 62.5 Å². The molecule has 5 N–H and O–H groups in total. The minimum absolute atomic E-state index is 0.0214. The molecule has 1 saturated heterocycles. The van der Waals surface area contributed by atoms with Crippen molar-refractivity contribution in [3.63, 3.8) is 0 Å². The number of hydrogen-bond donors (Lipinski definition) is 4. The van der Waals surface area contributed by atoms with Crippen molar-refractivity contribution in [3.05, 3.63) is 91.4 Å². The molecule has 3 rings (SSSR count). The second-order valence-electron chi connectivity index (χ2n) is 12.3. The predicted octanol–water partition coefficient (Wildman–Crippen LogP) is 7.91. The van der Waals surface area contributed by atoms with Crippen LogP contribution in [-0.4, -0.2) is 51.5 Å². The highest BCUT2D eigenvalue weighted by molar-refractivity contribution is 5.36. The maximum Gasteiger partial charge on any atom is 0.145 e. The standard InChI is InChI=1S/C36H56N6.CH4O/c1-6-8-9-10-11-12-13-20-25-33(39-30(3)36(4,5)37)40-34-28-42(29-38-34)35(31-23-18-14-15-19-24-31)32(7-2)41-26-21-16-17-22-27-41;1-2/h6,10-11,14,18,24,28-29,33,35,39-40H,1-3,8-9,12-13,15-17,19-23,25-27,37H2,4-5H3;2H,1H3/b11-10-;. The minimum atomic E-state index is -0.519. The zero-order chi connectivity index (χ0) is 32.2. The summed E-state index contributed by atoms with van der Waals surface area (Å²) >= 11 is 0. The Hall–Kier alpha value is -3.25. The number of nitrogens with two attached hydrogens (primary N) is 1. The van der Waals surface area contributed by atoms with Crippen molar-refractivity contribution in [2.24, 2.45) is 5.73 Å². The van der Waals surface area contributed by atoms with E-state index in [9.17, 15) is 0 Å². The van der Waals surface area contributed by atoms with Gasteiger partial charge in [-0.3, -0.25) is 0 Å². The number of likely N-dealkylation sites (tertiary alicyclic amines) is 1. The van der Waals surface area contributed by atoms with Crippen LogP contribution in [-0.2, 0) is 0 Å². The molecule has 1 aromatic heterocycles. The van der Waals surface area contributed by atoms with E-state index in [1.807, 2.05) is 26.3 Å². The maximum absolute atomic E-state index is 7.00. The topological polar surface area (TPSA) is 91.4 Å². The number of nitrogens with one attached hydrogen (secondary N) is 2. The zero-order valence-corrected chi connectivity index (χ0v) is 27.9. The summed E-state index contributed by atoms with van der Waals surface area (Å²) in [7, 11) is 1.00. The first-order valence-electron chi connectivity index (χ1n) is 16.6. The summed E-state index contributed by atoms with van der Waals surface area (Å²) < 4.78 is 2.25. The molecule has 1 aliphatic carbocycles. The summed E-state index contributed by atoms with van der Waals surface area (Å²) in [5.41, 5.74) is 12.6. The first-order valence-corrected chi connectivity index (χ1v) is 16.6. The molecule has 1 aliphatic heterocycles. The summed E-state index contributed by atoms with van der Waals surface area (Å²) in [5, 5.41) is 14.2. The first-order chi connectivity index (χ1) is 21.3. The van der Waals surface area contributed by atoms with Crippen LogP contribution in [0.2, 0.25) is 0 Å². The van der Waals surface area contributed by atoms with Gasteiger partial charge in [-0.25, -0.2) is 4.98 Å². The van der Waals surface area contributed by atoms with E-state index in [0.717, 1.165) is 95.2 Å². The fraction of sp³-hybridized carbons (Fsp3) is 0.568. The molecule has 0 aromatic carbocycles. The van der Waals surface area contributed by atoms with Crippen molar-refractivity contribution in [1.82, 2.24) is 19.8 Å². The highest BCUT2D eigenvalue weighted by atomic mass is 16.2. The molecule has 0 bridgehead atoms. The number of nitrogens with zero attached hydrogens (tertiary/aromatic N) is 3. The molecule has 44 heavy (non-hydrogen) atoms. The van der Waals surface area contributed by atoms with Gasteiger partial charge in [-0.15, -0.1) is 12.3 Å². The molecule has 0 saturated carbocycles. The van der Waals surface area contributed by atoms with E-state index in [4.69, 9.17) is 15.8 Å². The maximum atomic E-state index is 7.00. The molecule has 244 valence electrons. The number of anilines is 1. The predicted molar refractivity (Wildman–Crippen MR) is 188 cm³/mol. The Labute approximate surface area is 268 Å². The molecule has 2 unspecified atom stereocenters. The Balaban J connectivity index is 0.00000330. The molecule has 7 heteroatoms. The van der Waals surface area contributed by atoms with Gasteiger partial charge in [0.15, 0.2) is 0 Å². The largest absolute Gasteiger partial charge is 0.400 e. The van der Waals surface area contributed by atoms with Gasteiger partial charge in [0.05, 0.1) is 18.2 Å². The van der Waals surface area contributed by atoms with Crippen LogP contribution >= 0.6 is 0 Å². The van der Waals surface area contributed by atoms with E-state index in [2.05, 4.69) is 82.1 Å². The van der Waals surface area contributed by atoms with Crippen LogP contribution in [0.4, 0.5) is 5.82 Å². The third-order valence-electron chi connectivity index (χ3n) is 8.16. The van der Waals surface area contributed by atoms with E-state index in [1.54, 1.807) is 0 Å². The third-order valence-corrected chi connectivity index (χ3v) is 8.16. The molecule has 2 atom stereocenters. The zero-order valence-electron chi connectivity index (χ0n) is 27.9. The van der Waals surface area contributed by atoms with Gasteiger partial charge in [0.25, 0.3) is 0 Å². The van der Waals surface area contributed by atoms with Crippen molar-refractivity contribution in [3.8, 4) is 0 Å². The van der Waals surface area contributed by atoms with Gasteiger partial charge in [-0.2, -0.15) is 0 Å². The van der Waals surface area contributed by atoms with Crippen LogP contribution in [0.5, 0.6) is 0 Å². The number of allylic oxidation sites excluding steroid dienone is 7. The Morgan fingerprint density at radius 3 is 2.50 bits per heavy atom. The van der Waals surface area contributed by atoms with Gasteiger partial charge < -0.3 is 30.9 Å². The van der Waals surface area contributed by atoms with Gasteiger partial charge in [0.1, 0.15) is 11.9 Å². The Kier molecular flexibility index (Phi) is 17.3. The molecule has 0 amide bonds. The van der Waals surface area contributed by atoms with E-state index >= 15 is 0 Å². The Bertz CT molecular complexity index is 1120. The van der Waals surface area contributed by atoms with Crippen LogP contribution < -0.4 is 16.4 Å². The Morgan fingerprint density at radius 2 is 1.82 bits per heavy atom. The molecule has 0 spiro atoms. The number of rotatable bonds is 17. The molecule has 1 aromatic rings. The van der Waals surface area contributed by atoms with Crippen LogP contribution in [0, 0.1) is 0 Å². The summed E-state index contributed by atoms with van der Waals surface area (Å²) in [6.07, 6.45) is 32.0. The van der Waals surface area contributed by atoms with Crippen molar-refractivity contribution >= 4 is 5.82 Å². The summed E-state index contributed by atoms with van der Waals surface area (Å²) in [4.78, 5) is 7.35. The second kappa shape index (κ2) is 20.7. The third kappa shape index (κ3) is 12.8. The average molecular weight is 605 g/mol. The lowest BCUT2D eigenvalue weighted by Gasteiger charge is -2.32. The van der Waals surface area contributed by atoms with Crippen LogP contribution in [0.1, 0.15) is 103 Å². The number of aliphatic hydroxyl groups excluding tert-OH is 1. The summed E-state index contributed by atoms with van der Waals surface area (Å²) in [5.74, 6) is 0.841. The monoisotopic (exact) mass is 604 g/mol. The first kappa shape index (κ1) is 36.9. The Morgan fingerprint density at radius 1 is 1.09 bits per heavy atom. The fourth-order valence-electron chi connectivity index (χ4n) is 5.58. The van der Waals surface area contributed by atoms with Gasteiger partial charge in [-0.05, 0) is 90.0 Å². The van der Waals surface area contributed by atoms with E-state index in [-0.39, 0.29) is 12.2 Å². The molecule has 2 heterocycles.